The first kappa shape index (κ1) is 7.26. The van der Waals surface area contributed by atoms with Gasteiger partial charge in [-0.3, -0.25) is 0 Å². The average Bonchev–Trinajstić information content (AvgIpc) is 2.17. The predicted octanol–water partition coefficient (Wildman–Crippen LogP) is 1.76. The van der Waals surface area contributed by atoms with Crippen molar-refractivity contribution in [1.82, 2.24) is 0 Å². The lowest BCUT2D eigenvalue weighted by molar-refractivity contribution is 0.0844. The van der Waals surface area contributed by atoms with Gasteiger partial charge in [0.15, 0.2) is 0 Å². The molecule has 0 atom stereocenters. The van der Waals surface area contributed by atoms with E-state index in [0.29, 0.717) is 19.8 Å². The maximum Gasteiger partial charge on any atom is 0.528 e. The van der Waals surface area contributed by atoms with E-state index >= 15 is 0 Å². The second kappa shape index (κ2) is 6.36. The van der Waals surface area contributed by atoms with Crippen LogP contribution in [0.2, 0.25) is 0 Å². The van der Waals surface area contributed by atoms with Crippen molar-refractivity contribution in [2.45, 2.75) is 20.8 Å². The molecular weight excluding hydrogens is 172 g/mol. The number of rotatable bonds is 7. The lowest BCUT2D eigenvalue weighted by Gasteiger charge is -2.24. The number of hydrogen-bond acceptors (Lipinski definition) is 3. The minimum absolute atomic E-state index is 0.284. The van der Waals surface area contributed by atoms with Gasteiger partial charge >= 0.3 is 8.80 Å². The van der Waals surface area contributed by atoms with Crippen molar-refractivity contribution in [3.63, 3.8) is 0 Å². The Bertz CT molecular complexity index is 202. The van der Waals surface area contributed by atoms with Crippen molar-refractivity contribution < 1.29 is 17.4 Å². The normalized spacial score (nSPS) is 14.8. The summed E-state index contributed by atoms with van der Waals surface area (Å²) in [5.74, 6) is 0. The van der Waals surface area contributed by atoms with Gasteiger partial charge in [0.25, 0.3) is 0 Å². The standard InChI is InChI=1S/C8H18O3Si/c1-5-9-12(8-4,10-6-2)11-7-3/h8H,4-7H2,1-3H3/i4D2,8D. The van der Waals surface area contributed by atoms with Crippen LogP contribution in [0.15, 0.2) is 12.2 Å². The minimum Gasteiger partial charge on any atom is -0.371 e. The zero-order valence-electron chi connectivity index (χ0n) is 10.8. The first-order valence-corrected chi connectivity index (χ1v) is 5.82. The van der Waals surface area contributed by atoms with Gasteiger partial charge in [-0.25, -0.2) is 0 Å². The molecule has 0 bridgehead atoms. The maximum atomic E-state index is 7.63. The molecule has 72 valence electrons. The Hall–Kier alpha value is -0.163. The van der Waals surface area contributed by atoms with Gasteiger partial charge in [0.2, 0.25) is 0 Å². The summed E-state index contributed by atoms with van der Waals surface area (Å²) in [5.41, 5.74) is -0.284. The summed E-state index contributed by atoms with van der Waals surface area (Å²) in [5, 5.41) is 0. The van der Waals surface area contributed by atoms with E-state index in [1.165, 1.54) is 0 Å². The molecule has 0 saturated heterocycles. The van der Waals surface area contributed by atoms with E-state index in [-0.39, 0.29) is 5.68 Å². The molecule has 0 aromatic carbocycles. The molecule has 0 aliphatic heterocycles. The summed E-state index contributed by atoms with van der Waals surface area (Å²) in [6.45, 7) is 5.69. The molecule has 0 amide bonds. The second-order valence-electron chi connectivity index (χ2n) is 1.98. The molecule has 12 heavy (non-hydrogen) atoms. The van der Waals surface area contributed by atoms with Gasteiger partial charge in [-0.15, -0.1) is 0 Å². The van der Waals surface area contributed by atoms with E-state index in [9.17, 15) is 0 Å². The molecule has 0 rings (SSSR count). The summed E-state index contributed by atoms with van der Waals surface area (Å²) >= 11 is 0. The molecular formula is C8H18O3Si. The molecule has 0 aliphatic carbocycles. The van der Waals surface area contributed by atoms with Crippen molar-refractivity contribution in [1.29, 1.82) is 0 Å². The van der Waals surface area contributed by atoms with E-state index in [1.54, 1.807) is 20.8 Å². The number of hydrogen-bond donors (Lipinski definition) is 0. The van der Waals surface area contributed by atoms with E-state index in [0.717, 1.165) is 0 Å². The molecule has 0 radical (unpaired) electrons. The Morgan fingerprint density at radius 3 is 1.92 bits per heavy atom. The van der Waals surface area contributed by atoms with Gasteiger partial charge < -0.3 is 13.3 Å². The predicted molar refractivity (Wildman–Crippen MR) is 50.8 cm³/mol. The van der Waals surface area contributed by atoms with Gasteiger partial charge in [-0.1, -0.05) is 6.53 Å². The van der Waals surface area contributed by atoms with Crippen LogP contribution in [-0.2, 0) is 13.3 Å². The minimum atomic E-state index is -3.29. The Labute approximate surface area is 79.9 Å². The third-order valence-electron chi connectivity index (χ3n) is 1.16. The quantitative estimate of drug-likeness (QED) is 0.577. The molecule has 0 aliphatic rings. The Kier molecular flexibility index (Phi) is 3.85. The smallest absolute Gasteiger partial charge is 0.371 e. The third-order valence-corrected chi connectivity index (χ3v) is 3.47. The monoisotopic (exact) mass is 193 g/mol. The van der Waals surface area contributed by atoms with Gasteiger partial charge in [0.1, 0.15) is 0 Å². The van der Waals surface area contributed by atoms with Crippen LogP contribution in [0.4, 0.5) is 0 Å². The SMILES string of the molecule is [2H]C([2H])=C([2H])[Si](OCC)(OCC)OCC. The summed E-state index contributed by atoms with van der Waals surface area (Å²) in [4.78, 5) is 0. The molecule has 0 N–H and O–H groups in total. The van der Waals surface area contributed by atoms with Crippen molar-refractivity contribution in [3.8, 4) is 0 Å². The van der Waals surface area contributed by atoms with E-state index in [4.69, 9.17) is 17.4 Å². The van der Waals surface area contributed by atoms with Crippen LogP contribution < -0.4 is 0 Å². The molecule has 0 aromatic heterocycles. The molecule has 0 heterocycles. The second-order valence-corrected chi connectivity index (χ2v) is 4.21. The first-order chi connectivity index (χ1) is 7.04. The fourth-order valence-corrected chi connectivity index (χ4v) is 2.41. The topological polar surface area (TPSA) is 27.7 Å². The first-order valence-electron chi connectivity index (χ1n) is 5.60. The molecule has 3 nitrogen and oxygen atoms in total. The summed E-state index contributed by atoms with van der Waals surface area (Å²) < 4.78 is 37.9. The zero-order valence-corrected chi connectivity index (χ0v) is 8.85. The fraction of sp³-hybridized carbons (Fsp3) is 0.750. The van der Waals surface area contributed by atoms with E-state index < -0.39 is 15.3 Å². The maximum absolute atomic E-state index is 7.63. The highest BCUT2D eigenvalue weighted by molar-refractivity contribution is 6.66. The zero-order chi connectivity index (χ0) is 11.9. The highest BCUT2D eigenvalue weighted by Gasteiger charge is 2.36. The Morgan fingerprint density at radius 2 is 1.67 bits per heavy atom. The van der Waals surface area contributed by atoms with Crippen LogP contribution >= 0.6 is 0 Å². The Morgan fingerprint density at radius 1 is 1.25 bits per heavy atom. The Balaban J connectivity index is 5.00. The third kappa shape index (κ3) is 3.49. The van der Waals surface area contributed by atoms with Crippen LogP contribution in [0, 0.1) is 0 Å². The molecule has 0 saturated carbocycles. The summed E-state index contributed by atoms with van der Waals surface area (Å²) in [6, 6.07) is 0. The van der Waals surface area contributed by atoms with E-state index in [2.05, 4.69) is 0 Å². The molecule has 4 heteroatoms. The van der Waals surface area contributed by atoms with Crippen LogP contribution in [0.3, 0.4) is 0 Å². The van der Waals surface area contributed by atoms with Gasteiger partial charge in [-0.2, -0.15) is 0 Å². The fourth-order valence-electron chi connectivity index (χ4n) is 0.803. The lowest BCUT2D eigenvalue weighted by atomic mass is 10.9. The van der Waals surface area contributed by atoms with Gasteiger partial charge in [-0.05, 0) is 26.4 Å². The average molecular weight is 193 g/mol. The summed E-state index contributed by atoms with van der Waals surface area (Å²) in [7, 11) is -3.29. The van der Waals surface area contributed by atoms with Gasteiger partial charge in [0.05, 0.1) is 4.11 Å². The molecule has 0 aromatic rings. The lowest BCUT2D eigenvalue weighted by Crippen LogP contribution is -2.44. The van der Waals surface area contributed by atoms with Gasteiger partial charge in [0, 0.05) is 19.8 Å². The largest absolute Gasteiger partial charge is 0.528 e. The van der Waals surface area contributed by atoms with Crippen molar-refractivity contribution >= 4 is 8.80 Å². The highest BCUT2D eigenvalue weighted by atomic mass is 28.4. The van der Waals surface area contributed by atoms with Crippen LogP contribution in [-0.4, -0.2) is 28.6 Å². The van der Waals surface area contributed by atoms with Crippen molar-refractivity contribution in [2.75, 3.05) is 19.8 Å². The van der Waals surface area contributed by atoms with Crippen LogP contribution in [0.5, 0.6) is 0 Å². The van der Waals surface area contributed by atoms with Crippen LogP contribution in [0.25, 0.3) is 0 Å². The molecule has 0 spiro atoms. The van der Waals surface area contributed by atoms with Crippen molar-refractivity contribution in [2.24, 2.45) is 0 Å². The van der Waals surface area contributed by atoms with E-state index in [1.807, 2.05) is 0 Å². The summed E-state index contributed by atoms with van der Waals surface area (Å²) in [6.07, 6.45) is 0. The van der Waals surface area contributed by atoms with Crippen LogP contribution in [0.1, 0.15) is 24.9 Å². The van der Waals surface area contributed by atoms with Crippen molar-refractivity contribution in [3.05, 3.63) is 12.2 Å². The molecule has 0 unspecified atom stereocenters. The molecule has 0 fully saturated rings. The highest BCUT2D eigenvalue weighted by Crippen LogP contribution is 2.10.